The third kappa shape index (κ3) is 6.34. The highest BCUT2D eigenvalue weighted by atomic mass is 16.5. The molecule has 0 bridgehead atoms. The Hall–Kier alpha value is -4.89. The smallest absolute Gasteiger partial charge is 0.324 e. The molecule has 1 aromatic carbocycles. The van der Waals surface area contributed by atoms with E-state index in [-0.39, 0.29) is 42.9 Å². The van der Waals surface area contributed by atoms with Gasteiger partial charge in [-0.2, -0.15) is 15.2 Å². The molecule has 3 amide bonds. The highest BCUT2D eigenvalue weighted by Gasteiger charge is 2.38. The normalized spacial score (nSPS) is 14.9. The van der Waals surface area contributed by atoms with Crippen LogP contribution in [0, 0.1) is 5.92 Å². The number of nitrogens with zero attached hydrogens (tertiary/aromatic N) is 7. The van der Waals surface area contributed by atoms with E-state index >= 15 is 0 Å². The maximum absolute atomic E-state index is 13.4. The van der Waals surface area contributed by atoms with Crippen LogP contribution in [-0.4, -0.2) is 86.1 Å². The Labute approximate surface area is 223 Å². The molecule has 3 aromatic rings. The van der Waals surface area contributed by atoms with Crippen LogP contribution in [0.3, 0.4) is 0 Å². The number of aromatic nitrogens is 7. The molecule has 39 heavy (non-hydrogen) atoms. The number of carbonyl (C=O) groups excluding carboxylic acids is 3. The van der Waals surface area contributed by atoms with Crippen LogP contribution >= 0.6 is 0 Å². The zero-order chi connectivity index (χ0) is 27.9. The van der Waals surface area contributed by atoms with E-state index in [2.05, 4.69) is 51.5 Å². The predicted octanol–water partition coefficient (Wildman–Crippen LogP) is -0.771. The van der Waals surface area contributed by atoms with E-state index in [1.54, 1.807) is 12.1 Å². The maximum atomic E-state index is 13.4. The summed E-state index contributed by atoms with van der Waals surface area (Å²) >= 11 is 0. The Kier molecular flexibility index (Phi) is 8.43. The van der Waals surface area contributed by atoms with Gasteiger partial charge in [0.1, 0.15) is 12.1 Å². The standard InChI is InChI=1S/C23H29N11O5/c1-12(2)18(26-21-27-22(38-3)29-23(28-21)39-4)20(37)25-11-17(35)34-14-8-6-5-7-13(14)9-15(34)19(36)24-10-16-30-32-33-31-16/h5-8,12,15,18H,9-11H2,1-4H3,(H,24,36)(H,25,37)(H,26,27,28,29)(H,30,31,32,33)/t15-,18?/m0/s1. The van der Waals surface area contributed by atoms with Gasteiger partial charge in [-0.05, 0) is 17.5 Å². The van der Waals surface area contributed by atoms with Gasteiger partial charge in [0.05, 0.1) is 27.3 Å². The number of para-hydroxylation sites is 1. The predicted molar refractivity (Wildman–Crippen MR) is 136 cm³/mol. The van der Waals surface area contributed by atoms with E-state index in [4.69, 9.17) is 9.47 Å². The first kappa shape index (κ1) is 27.2. The van der Waals surface area contributed by atoms with Crippen molar-refractivity contribution in [3.63, 3.8) is 0 Å². The summed E-state index contributed by atoms with van der Waals surface area (Å²) < 4.78 is 10.1. The van der Waals surface area contributed by atoms with E-state index in [1.807, 2.05) is 26.0 Å². The molecule has 206 valence electrons. The maximum Gasteiger partial charge on any atom is 0.324 e. The van der Waals surface area contributed by atoms with Crippen LogP contribution in [0.5, 0.6) is 12.0 Å². The number of aromatic amines is 1. The van der Waals surface area contributed by atoms with E-state index in [0.717, 1.165) is 5.56 Å². The average Bonchev–Trinajstić information content (AvgIpc) is 3.61. The van der Waals surface area contributed by atoms with Crippen molar-refractivity contribution < 1.29 is 23.9 Å². The molecule has 2 atom stereocenters. The van der Waals surface area contributed by atoms with E-state index in [9.17, 15) is 14.4 Å². The average molecular weight is 540 g/mol. The number of hydrogen-bond donors (Lipinski definition) is 4. The largest absolute Gasteiger partial charge is 0.467 e. The van der Waals surface area contributed by atoms with Crippen LogP contribution in [0.2, 0.25) is 0 Å². The fraction of sp³-hybridized carbons (Fsp3) is 0.435. The zero-order valence-corrected chi connectivity index (χ0v) is 21.8. The second-order valence-electron chi connectivity index (χ2n) is 8.87. The number of anilines is 2. The molecule has 3 heterocycles. The van der Waals surface area contributed by atoms with Gasteiger partial charge in [0.2, 0.25) is 23.7 Å². The quantitative estimate of drug-likeness (QED) is 0.237. The minimum absolute atomic E-state index is 0.0128. The molecule has 0 saturated carbocycles. The van der Waals surface area contributed by atoms with Gasteiger partial charge in [0.25, 0.3) is 0 Å². The van der Waals surface area contributed by atoms with Gasteiger partial charge < -0.3 is 25.4 Å². The number of ether oxygens (including phenoxy) is 2. The van der Waals surface area contributed by atoms with Crippen LogP contribution in [-0.2, 0) is 27.3 Å². The Balaban J connectivity index is 1.44. The molecule has 16 nitrogen and oxygen atoms in total. The van der Waals surface area contributed by atoms with Crippen LogP contribution in [0.25, 0.3) is 0 Å². The van der Waals surface area contributed by atoms with Crippen molar-refractivity contribution in [1.82, 2.24) is 46.2 Å². The van der Waals surface area contributed by atoms with E-state index in [0.29, 0.717) is 17.9 Å². The van der Waals surface area contributed by atoms with Crippen molar-refractivity contribution in [2.45, 2.75) is 38.9 Å². The summed E-state index contributed by atoms with van der Waals surface area (Å²) in [7, 11) is 2.79. The molecule has 4 N–H and O–H groups in total. The molecular formula is C23H29N11O5. The molecule has 0 aliphatic carbocycles. The van der Waals surface area contributed by atoms with Gasteiger partial charge >= 0.3 is 12.0 Å². The van der Waals surface area contributed by atoms with Gasteiger partial charge in [-0.15, -0.1) is 15.2 Å². The molecule has 0 radical (unpaired) electrons. The molecule has 2 aromatic heterocycles. The number of benzene rings is 1. The molecule has 16 heteroatoms. The second kappa shape index (κ2) is 12.1. The molecule has 1 aliphatic rings. The summed E-state index contributed by atoms with van der Waals surface area (Å²) in [6, 6.07) is 5.67. The molecule has 4 rings (SSSR count). The van der Waals surface area contributed by atoms with Crippen molar-refractivity contribution in [3.8, 4) is 12.0 Å². The zero-order valence-electron chi connectivity index (χ0n) is 21.8. The summed E-state index contributed by atoms with van der Waals surface area (Å²) in [6.45, 7) is 3.37. The number of tetrazole rings is 1. The van der Waals surface area contributed by atoms with Crippen molar-refractivity contribution in [1.29, 1.82) is 0 Å². The van der Waals surface area contributed by atoms with Crippen LogP contribution < -0.4 is 30.3 Å². The van der Waals surface area contributed by atoms with Gasteiger partial charge in [0.15, 0.2) is 5.82 Å². The molecule has 0 fully saturated rings. The third-order valence-electron chi connectivity index (χ3n) is 5.96. The number of fused-ring (bicyclic) bond motifs is 1. The number of H-pyrrole nitrogens is 1. The lowest BCUT2D eigenvalue weighted by Crippen LogP contribution is -2.52. The Morgan fingerprint density at radius 1 is 1.08 bits per heavy atom. The number of rotatable bonds is 11. The second-order valence-corrected chi connectivity index (χ2v) is 8.87. The third-order valence-corrected chi connectivity index (χ3v) is 5.96. The van der Waals surface area contributed by atoms with Crippen molar-refractivity contribution in [2.75, 3.05) is 31.0 Å². The monoisotopic (exact) mass is 539 g/mol. The van der Waals surface area contributed by atoms with Crippen LogP contribution in [0.15, 0.2) is 24.3 Å². The van der Waals surface area contributed by atoms with Gasteiger partial charge in [-0.1, -0.05) is 37.3 Å². The molecule has 1 aliphatic heterocycles. The van der Waals surface area contributed by atoms with Gasteiger partial charge in [0, 0.05) is 12.1 Å². The summed E-state index contributed by atoms with van der Waals surface area (Å²) in [5.74, 6) is -1.10. The van der Waals surface area contributed by atoms with E-state index < -0.39 is 23.9 Å². The Bertz CT molecular complexity index is 1300. The summed E-state index contributed by atoms with van der Waals surface area (Å²) in [6.07, 6.45) is 0.327. The fourth-order valence-corrected chi connectivity index (χ4v) is 4.06. The van der Waals surface area contributed by atoms with Crippen molar-refractivity contribution >= 4 is 29.4 Å². The number of nitrogens with one attached hydrogen (secondary N) is 4. The Morgan fingerprint density at radius 3 is 2.44 bits per heavy atom. The topological polar surface area (TPSA) is 202 Å². The van der Waals surface area contributed by atoms with Gasteiger partial charge in [-0.25, -0.2) is 0 Å². The lowest BCUT2D eigenvalue weighted by atomic mass is 10.0. The number of carbonyl (C=O) groups is 3. The van der Waals surface area contributed by atoms with Crippen molar-refractivity contribution in [2.24, 2.45) is 5.92 Å². The molecule has 1 unspecified atom stereocenters. The first-order valence-corrected chi connectivity index (χ1v) is 12.1. The SMILES string of the molecule is COc1nc(NC(C(=O)NCC(=O)N2c3ccccc3C[C@H]2C(=O)NCc2nn[nH]n2)C(C)C)nc(OC)n1. The minimum Gasteiger partial charge on any atom is -0.467 e. The van der Waals surface area contributed by atoms with E-state index in [1.165, 1.54) is 19.1 Å². The highest BCUT2D eigenvalue weighted by molar-refractivity contribution is 6.05. The minimum atomic E-state index is -0.803. The fourth-order valence-electron chi connectivity index (χ4n) is 4.06. The number of methoxy groups -OCH3 is 2. The first-order chi connectivity index (χ1) is 18.8. The summed E-state index contributed by atoms with van der Waals surface area (Å²) in [5.41, 5.74) is 1.45. The highest BCUT2D eigenvalue weighted by Crippen LogP contribution is 2.32. The number of hydrogen-bond acceptors (Lipinski definition) is 12. The van der Waals surface area contributed by atoms with Gasteiger partial charge in [-0.3, -0.25) is 19.3 Å². The lowest BCUT2D eigenvalue weighted by molar-refractivity contribution is -0.127. The first-order valence-electron chi connectivity index (χ1n) is 12.1. The lowest BCUT2D eigenvalue weighted by Gasteiger charge is -2.26. The summed E-state index contributed by atoms with van der Waals surface area (Å²) in [5, 5.41) is 21.8. The molecule has 0 saturated heterocycles. The molecule has 0 spiro atoms. The van der Waals surface area contributed by atoms with Crippen LogP contribution in [0.1, 0.15) is 25.2 Å². The van der Waals surface area contributed by atoms with Crippen molar-refractivity contribution in [3.05, 3.63) is 35.7 Å². The Morgan fingerprint density at radius 2 is 1.79 bits per heavy atom. The molecular weight excluding hydrogens is 510 g/mol. The summed E-state index contributed by atoms with van der Waals surface area (Å²) in [4.78, 5) is 53.1. The number of amides is 3. The van der Waals surface area contributed by atoms with Crippen LogP contribution in [0.4, 0.5) is 11.6 Å².